The van der Waals surface area contributed by atoms with Crippen LogP contribution in [-0.2, 0) is 4.79 Å². The SMILES string of the molecule is CC(N)CC(=O)NC(C)c1cc2ccccc2s1.Cl. The molecule has 1 amide bonds. The van der Waals surface area contributed by atoms with Crippen molar-refractivity contribution in [1.82, 2.24) is 5.32 Å². The second-order valence-corrected chi connectivity index (χ2v) is 5.77. The quantitative estimate of drug-likeness (QED) is 0.910. The molecule has 0 saturated heterocycles. The second kappa shape index (κ2) is 6.89. The monoisotopic (exact) mass is 298 g/mol. The summed E-state index contributed by atoms with van der Waals surface area (Å²) in [4.78, 5) is 12.8. The van der Waals surface area contributed by atoms with Gasteiger partial charge in [-0.15, -0.1) is 23.7 Å². The number of rotatable bonds is 4. The van der Waals surface area contributed by atoms with Crippen LogP contribution < -0.4 is 11.1 Å². The first-order valence-corrected chi connectivity index (χ1v) is 6.91. The first-order valence-electron chi connectivity index (χ1n) is 6.09. The van der Waals surface area contributed by atoms with Gasteiger partial charge in [0.25, 0.3) is 0 Å². The van der Waals surface area contributed by atoms with Gasteiger partial charge in [-0.05, 0) is 31.4 Å². The summed E-state index contributed by atoms with van der Waals surface area (Å²) in [6, 6.07) is 10.3. The van der Waals surface area contributed by atoms with Crippen molar-refractivity contribution in [2.45, 2.75) is 32.4 Å². The predicted molar refractivity (Wildman–Crippen MR) is 83.9 cm³/mol. The van der Waals surface area contributed by atoms with Crippen molar-refractivity contribution < 1.29 is 4.79 Å². The van der Waals surface area contributed by atoms with Gasteiger partial charge in [0.05, 0.1) is 6.04 Å². The summed E-state index contributed by atoms with van der Waals surface area (Å²) < 4.78 is 1.25. The van der Waals surface area contributed by atoms with Crippen LogP contribution in [0, 0.1) is 0 Å². The average Bonchev–Trinajstić information content (AvgIpc) is 2.71. The molecule has 0 aliphatic rings. The Morgan fingerprint density at radius 3 is 2.68 bits per heavy atom. The minimum atomic E-state index is -0.0976. The summed E-state index contributed by atoms with van der Waals surface area (Å²) >= 11 is 1.72. The Hall–Kier alpha value is -1.10. The first kappa shape index (κ1) is 16.0. The molecule has 104 valence electrons. The Morgan fingerprint density at radius 2 is 2.05 bits per heavy atom. The minimum absolute atomic E-state index is 0. The Bertz CT molecular complexity index is 520. The van der Waals surface area contributed by atoms with Crippen molar-refractivity contribution in [2.75, 3.05) is 0 Å². The number of hydrogen-bond donors (Lipinski definition) is 2. The minimum Gasteiger partial charge on any atom is -0.349 e. The lowest BCUT2D eigenvalue weighted by Crippen LogP contribution is -2.31. The van der Waals surface area contributed by atoms with Crippen LogP contribution in [0.15, 0.2) is 30.3 Å². The maximum atomic E-state index is 11.7. The molecule has 0 radical (unpaired) electrons. The molecule has 1 heterocycles. The molecule has 2 aromatic rings. The van der Waals surface area contributed by atoms with Gasteiger partial charge in [-0.3, -0.25) is 4.79 Å². The Kier molecular flexibility index (Phi) is 5.79. The molecule has 1 aromatic carbocycles. The maximum Gasteiger partial charge on any atom is 0.222 e. The highest BCUT2D eigenvalue weighted by molar-refractivity contribution is 7.19. The molecular formula is C14H19ClN2OS. The van der Waals surface area contributed by atoms with Crippen molar-refractivity contribution in [2.24, 2.45) is 5.73 Å². The molecule has 0 bridgehead atoms. The number of carbonyl (C=O) groups excluding carboxylic acids is 1. The molecule has 3 nitrogen and oxygen atoms in total. The fraction of sp³-hybridized carbons (Fsp3) is 0.357. The standard InChI is InChI=1S/C14H18N2OS.ClH/c1-9(15)7-14(17)16-10(2)13-8-11-5-3-4-6-12(11)18-13;/h3-6,8-10H,7,15H2,1-2H3,(H,16,17);1H. The van der Waals surface area contributed by atoms with E-state index in [4.69, 9.17) is 5.73 Å². The summed E-state index contributed by atoms with van der Waals surface area (Å²) in [7, 11) is 0. The fourth-order valence-corrected chi connectivity index (χ4v) is 2.95. The molecule has 0 aliphatic carbocycles. The molecular weight excluding hydrogens is 280 g/mol. The molecule has 0 spiro atoms. The van der Waals surface area contributed by atoms with Crippen LogP contribution >= 0.6 is 23.7 Å². The van der Waals surface area contributed by atoms with Gasteiger partial charge in [0, 0.05) is 22.0 Å². The maximum absolute atomic E-state index is 11.7. The zero-order chi connectivity index (χ0) is 13.1. The van der Waals surface area contributed by atoms with E-state index < -0.39 is 0 Å². The number of nitrogens with one attached hydrogen (secondary N) is 1. The smallest absolute Gasteiger partial charge is 0.222 e. The highest BCUT2D eigenvalue weighted by atomic mass is 35.5. The van der Waals surface area contributed by atoms with Crippen LogP contribution in [-0.4, -0.2) is 11.9 Å². The number of fused-ring (bicyclic) bond motifs is 1. The van der Waals surface area contributed by atoms with Gasteiger partial charge in [0.1, 0.15) is 0 Å². The van der Waals surface area contributed by atoms with Crippen LogP contribution in [0.25, 0.3) is 10.1 Å². The molecule has 0 aliphatic heterocycles. The third kappa shape index (κ3) is 4.20. The van der Waals surface area contributed by atoms with Crippen LogP contribution in [0.5, 0.6) is 0 Å². The van der Waals surface area contributed by atoms with Crippen molar-refractivity contribution >= 4 is 39.7 Å². The highest BCUT2D eigenvalue weighted by Crippen LogP contribution is 2.29. The summed E-state index contributed by atoms with van der Waals surface area (Å²) in [6.45, 7) is 3.84. The van der Waals surface area contributed by atoms with Crippen molar-refractivity contribution in [3.05, 3.63) is 35.2 Å². The van der Waals surface area contributed by atoms with Gasteiger partial charge in [0.2, 0.25) is 5.91 Å². The van der Waals surface area contributed by atoms with E-state index in [1.807, 2.05) is 26.0 Å². The van der Waals surface area contributed by atoms with E-state index in [1.165, 1.54) is 15.0 Å². The molecule has 5 heteroatoms. The van der Waals surface area contributed by atoms with E-state index in [2.05, 4.69) is 23.5 Å². The number of amides is 1. The Labute approximate surface area is 123 Å². The Morgan fingerprint density at radius 1 is 1.37 bits per heavy atom. The number of thiophene rings is 1. The summed E-state index contributed by atoms with van der Waals surface area (Å²) in [6.07, 6.45) is 0.370. The zero-order valence-electron chi connectivity index (χ0n) is 11.1. The van der Waals surface area contributed by atoms with E-state index in [0.717, 1.165) is 0 Å². The number of benzene rings is 1. The molecule has 2 atom stereocenters. The van der Waals surface area contributed by atoms with Gasteiger partial charge in [-0.2, -0.15) is 0 Å². The molecule has 1 aromatic heterocycles. The third-order valence-electron chi connectivity index (χ3n) is 2.76. The van der Waals surface area contributed by atoms with Gasteiger partial charge in [0.15, 0.2) is 0 Å². The van der Waals surface area contributed by atoms with Gasteiger partial charge >= 0.3 is 0 Å². The lowest BCUT2D eigenvalue weighted by atomic mass is 10.2. The van der Waals surface area contributed by atoms with Gasteiger partial charge in [-0.1, -0.05) is 18.2 Å². The number of hydrogen-bond acceptors (Lipinski definition) is 3. The van der Waals surface area contributed by atoms with E-state index in [-0.39, 0.29) is 30.4 Å². The van der Waals surface area contributed by atoms with Crippen LogP contribution in [0.4, 0.5) is 0 Å². The first-order chi connectivity index (χ1) is 8.56. The zero-order valence-corrected chi connectivity index (χ0v) is 12.7. The number of carbonyl (C=O) groups is 1. The molecule has 3 N–H and O–H groups in total. The van der Waals surface area contributed by atoms with Crippen LogP contribution in [0.1, 0.15) is 31.2 Å². The average molecular weight is 299 g/mol. The van der Waals surface area contributed by atoms with Crippen molar-refractivity contribution in [3.63, 3.8) is 0 Å². The van der Waals surface area contributed by atoms with Crippen molar-refractivity contribution in [1.29, 1.82) is 0 Å². The summed E-state index contributed by atoms with van der Waals surface area (Å²) in [5.41, 5.74) is 5.61. The van der Waals surface area contributed by atoms with Crippen LogP contribution in [0.3, 0.4) is 0 Å². The van der Waals surface area contributed by atoms with E-state index in [0.29, 0.717) is 6.42 Å². The lowest BCUT2D eigenvalue weighted by molar-refractivity contribution is -0.121. The Balaban J connectivity index is 0.00000180. The molecule has 0 saturated carbocycles. The molecule has 19 heavy (non-hydrogen) atoms. The topological polar surface area (TPSA) is 55.1 Å². The third-order valence-corrected chi connectivity index (χ3v) is 4.06. The largest absolute Gasteiger partial charge is 0.349 e. The van der Waals surface area contributed by atoms with E-state index in [9.17, 15) is 4.79 Å². The van der Waals surface area contributed by atoms with Crippen LogP contribution in [0.2, 0.25) is 0 Å². The fourth-order valence-electron chi connectivity index (χ4n) is 1.88. The molecule has 2 rings (SSSR count). The van der Waals surface area contributed by atoms with Gasteiger partial charge in [-0.25, -0.2) is 0 Å². The number of nitrogens with two attached hydrogens (primary N) is 1. The summed E-state index contributed by atoms with van der Waals surface area (Å²) in [5.74, 6) is 0.00922. The van der Waals surface area contributed by atoms with E-state index in [1.54, 1.807) is 11.3 Å². The van der Waals surface area contributed by atoms with Gasteiger partial charge < -0.3 is 11.1 Å². The lowest BCUT2D eigenvalue weighted by Gasteiger charge is -2.13. The molecule has 0 fully saturated rings. The number of halogens is 1. The van der Waals surface area contributed by atoms with Crippen molar-refractivity contribution in [3.8, 4) is 0 Å². The second-order valence-electron chi connectivity index (χ2n) is 4.66. The summed E-state index contributed by atoms with van der Waals surface area (Å²) in [5, 5.41) is 4.21. The predicted octanol–water partition coefficient (Wildman–Crippen LogP) is 3.24. The molecule has 2 unspecified atom stereocenters. The highest BCUT2D eigenvalue weighted by Gasteiger charge is 2.13. The normalized spacial score (nSPS) is 13.6. The van der Waals surface area contributed by atoms with E-state index >= 15 is 0 Å².